The summed E-state index contributed by atoms with van der Waals surface area (Å²) in [4.78, 5) is 4.20. The van der Waals surface area contributed by atoms with Gasteiger partial charge in [-0.15, -0.1) is 0 Å². The van der Waals surface area contributed by atoms with Gasteiger partial charge in [-0.3, -0.25) is 4.98 Å². The lowest BCUT2D eigenvalue weighted by Crippen LogP contribution is -2.54. The first kappa shape index (κ1) is 21.0. The molecule has 1 heterocycles. The van der Waals surface area contributed by atoms with Gasteiger partial charge in [0.2, 0.25) is 0 Å². The normalized spacial score (nSPS) is 42.6. The zero-order valence-corrected chi connectivity index (χ0v) is 18.1. The van der Waals surface area contributed by atoms with Gasteiger partial charge in [0.1, 0.15) is 0 Å². The number of rotatable bonds is 5. The third-order valence-electron chi connectivity index (χ3n) is 8.98. The summed E-state index contributed by atoms with van der Waals surface area (Å²) in [5.74, 6) is 1.03. The lowest BCUT2D eigenvalue weighted by atomic mass is 9.52. The van der Waals surface area contributed by atoms with Crippen LogP contribution in [-0.2, 0) is 6.54 Å². The maximum absolute atomic E-state index is 11.5. The maximum atomic E-state index is 11.5. The van der Waals surface area contributed by atoms with Gasteiger partial charge in [0.25, 0.3) is 0 Å². The van der Waals surface area contributed by atoms with E-state index in [1.165, 1.54) is 11.1 Å². The zero-order valence-electron chi connectivity index (χ0n) is 18.1. The van der Waals surface area contributed by atoms with Gasteiger partial charge >= 0.3 is 0 Å². The maximum Gasteiger partial charge on any atom is 0.0610 e. The number of aliphatic hydroxyl groups is 2. The number of allylic oxidation sites excluding steroid dienone is 1. The number of aromatic nitrogens is 1. The van der Waals surface area contributed by atoms with E-state index in [0.717, 1.165) is 58.0 Å². The van der Waals surface area contributed by atoms with Gasteiger partial charge in [-0.1, -0.05) is 32.1 Å². The Kier molecular flexibility index (Phi) is 5.89. The van der Waals surface area contributed by atoms with Crippen molar-refractivity contribution in [1.82, 2.24) is 10.3 Å². The van der Waals surface area contributed by atoms with Crippen molar-refractivity contribution >= 4 is 0 Å². The summed E-state index contributed by atoms with van der Waals surface area (Å²) in [6, 6.07) is 4.06. The summed E-state index contributed by atoms with van der Waals surface area (Å²) in [6.07, 6.45) is 10.3. The van der Waals surface area contributed by atoms with E-state index in [1.54, 1.807) is 6.20 Å². The first-order valence-corrected chi connectivity index (χ1v) is 11.5. The van der Waals surface area contributed by atoms with Crippen LogP contribution in [0.3, 0.4) is 0 Å². The van der Waals surface area contributed by atoms with Crippen molar-refractivity contribution in [3.63, 3.8) is 0 Å². The van der Waals surface area contributed by atoms with Crippen LogP contribution in [0.2, 0.25) is 0 Å². The van der Waals surface area contributed by atoms with Crippen LogP contribution in [0.4, 0.5) is 0 Å². The molecule has 1 aromatic heterocycles. The van der Waals surface area contributed by atoms with Gasteiger partial charge in [-0.05, 0) is 91.7 Å². The Hall–Kier alpha value is -1.23. The van der Waals surface area contributed by atoms with Crippen molar-refractivity contribution in [2.75, 3.05) is 6.54 Å². The number of fused-ring (bicyclic) bond motifs is 1. The summed E-state index contributed by atoms with van der Waals surface area (Å²) in [7, 11) is 0. The Balaban J connectivity index is 1.48. The average molecular weight is 399 g/mol. The molecular formula is C25H38N2O2. The summed E-state index contributed by atoms with van der Waals surface area (Å²) < 4.78 is 0. The standard InChI is InChI=1S/C25H38N2O2/c1-17-6-7-21-23(29)22(9-11-24(17,21)2)25(3)10-8-20(28)13-19(25)16-27-15-18-5-4-12-26-14-18/h4-5,12,14,19-23,27-29H,1,6-11,13,15-16H2,2-3H3/t19-,20+,21?,22?,23+,24-,25+/m1/s1. The van der Waals surface area contributed by atoms with Crippen LogP contribution >= 0.6 is 0 Å². The summed E-state index contributed by atoms with van der Waals surface area (Å²) >= 11 is 0. The van der Waals surface area contributed by atoms with E-state index in [-0.39, 0.29) is 23.0 Å². The minimum absolute atomic E-state index is 0.0613. The molecule has 0 aliphatic heterocycles. The predicted octanol–water partition coefficient (Wildman–Crippen LogP) is 4.08. The van der Waals surface area contributed by atoms with E-state index in [9.17, 15) is 10.2 Å². The highest BCUT2D eigenvalue weighted by atomic mass is 16.3. The molecule has 3 fully saturated rings. The number of nitrogens with one attached hydrogen (secondary N) is 1. The van der Waals surface area contributed by atoms with Crippen molar-refractivity contribution in [2.24, 2.45) is 28.6 Å². The topological polar surface area (TPSA) is 65.4 Å². The molecule has 4 nitrogen and oxygen atoms in total. The average Bonchev–Trinajstić information content (AvgIpc) is 3.01. The number of hydrogen-bond donors (Lipinski definition) is 3. The van der Waals surface area contributed by atoms with Gasteiger partial charge in [0, 0.05) is 18.9 Å². The molecule has 0 bridgehead atoms. The Labute approximate surface area is 175 Å². The van der Waals surface area contributed by atoms with Crippen molar-refractivity contribution < 1.29 is 10.2 Å². The van der Waals surface area contributed by atoms with E-state index in [4.69, 9.17) is 0 Å². The summed E-state index contributed by atoms with van der Waals surface area (Å²) in [5.41, 5.74) is 2.71. The fourth-order valence-corrected chi connectivity index (χ4v) is 6.83. The third-order valence-corrected chi connectivity index (χ3v) is 8.98. The highest BCUT2D eigenvalue weighted by Crippen LogP contribution is 2.61. The second kappa shape index (κ2) is 8.13. The highest BCUT2D eigenvalue weighted by Gasteiger charge is 2.56. The number of hydrogen-bond acceptors (Lipinski definition) is 4. The minimum Gasteiger partial charge on any atom is -0.393 e. The Morgan fingerprint density at radius 1 is 1.17 bits per heavy atom. The van der Waals surface area contributed by atoms with Crippen LogP contribution in [0.1, 0.15) is 64.4 Å². The van der Waals surface area contributed by atoms with E-state index in [0.29, 0.717) is 17.8 Å². The van der Waals surface area contributed by atoms with Crippen LogP contribution < -0.4 is 5.32 Å². The smallest absolute Gasteiger partial charge is 0.0610 e. The largest absolute Gasteiger partial charge is 0.393 e. The van der Waals surface area contributed by atoms with Crippen LogP contribution in [0.5, 0.6) is 0 Å². The number of nitrogens with zero attached hydrogens (tertiary/aromatic N) is 1. The van der Waals surface area contributed by atoms with Gasteiger partial charge in [-0.2, -0.15) is 0 Å². The lowest BCUT2D eigenvalue weighted by Gasteiger charge is -2.55. The molecule has 0 amide bonds. The molecule has 0 saturated heterocycles. The molecular weight excluding hydrogens is 360 g/mol. The van der Waals surface area contributed by atoms with Crippen LogP contribution in [0.15, 0.2) is 36.7 Å². The predicted molar refractivity (Wildman–Crippen MR) is 116 cm³/mol. The fraction of sp³-hybridized carbons (Fsp3) is 0.720. The van der Waals surface area contributed by atoms with Crippen molar-refractivity contribution in [1.29, 1.82) is 0 Å². The number of pyridine rings is 1. The molecule has 0 radical (unpaired) electrons. The molecule has 7 atom stereocenters. The molecule has 2 unspecified atom stereocenters. The van der Waals surface area contributed by atoms with Gasteiger partial charge in [0.15, 0.2) is 0 Å². The van der Waals surface area contributed by atoms with Gasteiger partial charge in [0.05, 0.1) is 12.2 Å². The Morgan fingerprint density at radius 2 is 2.00 bits per heavy atom. The van der Waals surface area contributed by atoms with Crippen LogP contribution in [-0.4, -0.2) is 33.9 Å². The number of aliphatic hydroxyl groups excluding tert-OH is 2. The van der Waals surface area contributed by atoms with E-state index in [2.05, 4.69) is 36.8 Å². The molecule has 160 valence electrons. The Morgan fingerprint density at radius 3 is 2.76 bits per heavy atom. The first-order chi connectivity index (χ1) is 13.8. The molecule has 3 N–H and O–H groups in total. The lowest BCUT2D eigenvalue weighted by molar-refractivity contribution is -0.118. The molecule has 4 rings (SSSR count). The third kappa shape index (κ3) is 3.80. The Bertz CT molecular complexity index is 723. The molecule has 0 aromatic carbocycles. The highest BCUT2D eigenvalue weighted by molar-refractivity contribution is 5.21. The molecule has 1 aromatic rings. The molecule has 29 heavy (non-hydrogen) atoms. The van der Waals surface area contributed by atoms with E-state index < -0.39 is 0 Å². The van der Waals surface area contributed by atoms with Crippen molar-refractivity contribution in [3.8, 4) is 0 Å². The van der Waals surface area contributed by atoms with Crippen molar-refractivity contribution in [2.45, 2.75) is 77.5 Å². The van der Waals surface area contributed by atoms with E-state index >= 15 is 0 Å². The molecule has 3 saturated carbocycles. The second-order valence-corrected chi connectivity index (χ2v) is 10.4. The zero-order chi connectivity index (χ0) is 20.6. The van der Waals surface area contributed by atoms with Crippen molar-refractivity contribution in [3.05, 3.63) is 42.2 Å². The molecule has 3 aliphatic carbocycles. The van der Waals surface area contributed by atoms with Crippen LogP contribution in [0.25, 0.3) is 0 Å². The van der Waals surface area contributed by atoms with E-state index in [1.807, 2.05) is 12.3 Å². The first-order valence-electron chi connectivity index (χ1n) is 11.5. The summed E-state index contributed by atoms with van der Waals surface area (Å²) in [5, 5.41) is 25.5. The summed E-state index contributed by atoms with van der Waals surface area (Å²) in [6.45, 7) is 10.7. The fourth-order valence-electron chi connectivity index (χ4n) is 6.83. The van der Waals surface area contributed by atoms with Gasteiger partial charge in [-0.25, -0.2) is 0 Å². The minimum atomic E-state index is -0.255. The molecule has 0 spiro atoms. The van der Waals surface area contributed by atoms with Gasteiger partial charge < -0.3 is 15.5 Å². The molecule has 4 heteroatoms. The SMILES string of the molecule is C=C1CCC2[C@H](O)C([C@@]3(C)CC[C@H](O)C[C@@H]3CNCc3cccnc3)CC[C@]12C. The quantitative estimate of drug-likeness (QED) is 0.654. The molecule has 3 aliphatic rings. The monoisotopic (exact) mass is 398 g/mol. The second-order valence-electron chi connectivity index (χ2n) is 10.4. The van der Waals surface area contributed by atoms with Crippen LogP contribution in [0, 0.1) is 28.6 Å².